The van der Waals surface area contributed by atoms with Crippen LogP contribution in [0, 0.1) is 5.92 Å². The third kappa shape index (κ3) is 4.36. The van der Waals surface area contributed by atoms with Gasteiger partial charge in [0.1, 0.15) is 5.75 Å². The van der Waals surface area contributed by atoms with Gasteiger partial charge in [0.25, 0.3) is 0 Å². The van der Waals surface area contributed by atoms with E-state index in [9.17, 15) is 4.79 Å². The van der Waals surface area contributed by atoms with E-state index in [-0.39, 0.29) is 11.9 Å². The molecule has 1 aliphatic carbocycles. The second kappa shape index (κ2) is 7.92. The number of rotatable bonds is 8. The molecule has 1 fully saturated rings. The number of ether oxygens (including phenoxy) is 1. The van der Waals surface area contributed by atoms with E-state index >= 15 is 0 Å². The number of carbonyl (C=O) groups excluding carboxylic acids is 1. The first-order valence-corrected chi connectivity index (χ1v) is 9.90. The number of aryl methyl sites for hydroxylation is 1. The molecule has 27 heavy (non-hydrogen) atoms. The lowest BCUT2D eigenvalue weighted by Crippen LogP contribution is -2.30. The summed E-state index contributed by atoms with van der Waals surface area (Å²) in [5.41, 5.74) is 1.12. The van der Waals surface area contributed by atoms with Gasteiger partial charge in [-0.25, -0.2) is 0 Å². The van der Waals surface area contributed by atoms with Gasteiger partial charge in [0.15, 0.2) is 0 Å². The van der Waals surface area contributed by atoms with E-state index in [4.69, 9.17) is 9.26 Å². The summed E-state index contributed by atoms with van der Waals surface area (Å²) in [5, 5.41) is 9.12. The molecule has 140 valence electrons. The molecule has 2 heterocycles. The van der Waals surface area contributed by atoms with Crippen molar-refractivity contribution in [3.63, 3.8) is 0 Å². The summed E-state index contributed by atoms with van der Waals surface area (Å²) >= 11 is 1.56. The van der Waals surface area contributed by atoms with Crippen LogP contribution in [0.1, 0.15) is 36.8 Å². The minimum absolute atomic E-state index is 0.00130. The number of hydrogen-bond acceptors (Lipinski definition) is 6. The van der Waals surface area contributed by atoms with E-state index in [2.05, 4.69) is 15.5 Å². The van der Waals surface area contributed by atoms with Gasteiger partial charge in [-0.3, -0.25) is 4.79 Å². The molecule has 0 spiro atoms. The normalized spacial score (nSPS) is 14.7. The molecule has 0 bridgehead atoms. The Morgan fingerprint density at radius 1 is 1.33 bits per heavy atom. The first-order valence-electron chi connectivity index (χ1n) is 9.02. The monoisotopic (exact) mass is 383 g/mol. The van der Waals surface area contributed by atoms with Crippen molar-refractivity contribution < 1.29 is 14.1 Å². The fourth-order valence-electron chi connectivity index (χ4n) is 3.04. The summed E-state index contributed by atoms with van der Waals surface area (Å²) < 4.78 is 10.5. The molecule has 1 N–H and O–H groups in total. The Labute approximate surface area is 161 Å². The predicted octanol–water partition coefficient (Wildman–Crippen LogP) is 4.01. The third-order valence-electron chi connectivity index (χ3n) is 4.66. The zero-order valence-corrected chi connectivity index (χ0v) is 15.9. The van der Waals surface area contributed by atoms with Crippen molar-refractivity contribution in [3.8, 4) is 16.5 Å². The molecule has 6 nitrogen and oxygen atoms in total. The maximum atomic E-state index is 12.5. The van der Waals surface area contributed by atoms with Crippen LogP contribution in [0.2, 0.25) is 0 Å². The van der Waals surface area contributed by atoms with Gasteiger partial charge in [0.2, 0.25) is 17.6 Å². The highest BCUT2D eigenvalue weighted by atomic mass is 32.1. The quantitative estimate of drug-likeness (QED) is 0.636. The molecular formula is C20H21N3O3S. The number of nitrogens with zero attached hydrogens (tertiary/aromatic N) is 2. The lowest BCUT2D eigenvalue weighted by atomic mass is 10.0. The van der Waals surface area contributed by atoms with E-state index in [1.807, 2.05) is 41.8 Å². The fraction of sp³-hybridized carbons (Fsp3) is 0.350. The number of methoxy groups -OCH3 is 1. The van der Waals surface area contributed by atoms with Crippen LogP contribution in [0.25, 0.3) is 10.7 Å². The molecule has 0 saturated heterocycles. The van der Waals surface area contributed by atoms with Gasteiger partial charge >= 0.3 is 0 Å². The molecule has 1 aromatic carbocycles. The molecule has 1 unspecified atom stereocenters. The van der Waals surface area contributed by atoms with Crippen LogP contribution < -0.4 is 10.1 Å². The number of thiophene rings is 1. The molecule has 1 amide bonds. The Kier molecular flexibility index (Phi) is 5.20. The third-order valence-corrected chi connectivity index (χ3v) is 5.53. The predicted molar refractivity (Wildman–Crippen MR) is 103 cm³/mol. The summed E-state index contributed by atoms with van der Waals surface area (Å²) in [5.74, 6) is 2.39. The molecule has 7 heteroatoms. The van der Waals surface area contributed by atoms with Crippen LogP contribution in [-0.4, -0.2) is 23.2 Å². The van der Waals surface area contributed by atoms with Crippen molar-refractivity contribution in [1.29, 1.82) is 0 Å². The second-order valence-electron chi connectivity index (χ2n) is 6.64. The highest BCUT2D eigenvalue weighted by Crippen LogP contribution is 2.41. The van der Waals surface area contributed by atoms with Crippen LogP contribution in [0.4, 0.5) is 0 Å². The van der Waals surface area contributed by atoms with Gasteiger partial charge in [-0.15, -0.1) is 11.3 Å². The first kappa shape index (κ1) is 17.7. The van der Waals surface area contributed by atoms with Crippen molar-refractivity contribution >= 4 is 17.2 Å². The molecular weight excluding hydrogens is 362 g/mol. The average molecular weight is 383 g/mol. The maximum Gasteiger partial charge on any atom is 0.227 e. The summed E-state index contributed by atoms with van der Waals surface area (Å²) in [6.45, 7) is 0. The van der Waals surface area contributed by atoms with Crippen LogP contribution in [0.15, 0.2) is 46.3 Å². The van der Waals surface area contributed by atoms with E-state index in [0.717, 1.165) is 29.0 Å². The minimum Gasteiger partial charge on any atom is -0.497 e. The first-order chi connectivity index (χ1) is 13.2. The molecule has 0 aliphatic heterocycles. The molecule has 1 saturated carbocycles. The second-order valence-corrected chi connectivity index (χ2v) is 7.59. The fourth-order valence-corrected chi connectivity index (χ4v) is 3.69. The average Bonchev–Trinajstić information content (AvgIpc) is 3.19. The van der Waals surface area contributed by atoms with Crippen molar-refractivity contribution in [2.45, 2.75) is 31.7 Å². The van der Waals surface area contributed by atoms with Crippen molar-refractivity contribution in [3.05, 3.63) is 53.2 Å². The summed E-state index contributed by atoms with van der Waals surface area (Å²) in [6, 6.07) is 11.8. The number of aromatic nitrogens is 2. The van der Waals surface area contributed by atoms with Crippen LogP contribution >= 0.6 is 11.3 Å². The number of amides is 1. The smallest absolute Gasteiger partial charge is 0.227 e. The Balaban J connectivity index is 1.34. The minimum atomic E-state index is -0.00130. The van der Waals surface area contributed by atoms with Crippen LogP contribution in [0.5, 0.6) is 5.75 Å². The maximum absolute atomic E-state index is 12.5. The Bertz CT molecular complexity index is 886. The Hall–Kier alpha value is -2.67. The Morgan fingerprint density at radius 2 is 2.15 bits per heavy atom. The molecule has 1 aliphatic rings. The number of benzene rings is 1. The van der Waals surface area contributed by atoms with Gasteiger partial charge in [-0.05, 0) is 47.9 Å². The largest absolute Gasteiger partial charge is 0.497 e. The van der Waals surface area contributed by atoms with Crippen LogP contribution in [0.3, 0.4) is 0 Å². The Morgan fingerprint density at radius 3 is 2.81 bits per heavy atom. The summed E-state index contributed by atoms with van der Waals surface area (Å²) in [4.78, 5) is 17.8. The van der Waals surface area contributed by atoms with Gasteiger partial charge < -0.3 is 14.6 Å². The number of nitrogens with one attached hydrogen (secondary N) is 1. The van der Waals surface area contributed by atoms with E-state index in [0.29, 0.717) is 30.5 Å². The van der Waals surface area contributed by atoms with Crippen molar-refractivity contribution in [1.82, 2.24) is 15.5 Å². The van der Waals surface area contributed by atoms with Crippen LogP contribution in [-0.2, 0) is 11.2 Å². The molecule has 3 aromatic rings. The summed E-state index contributed by atoms with van der Waals surface area (Å²) in [6.07, 6.45) is 3.05. The van der Waals surface area contributed by atoms with Crippen molar-refractivity contribution in [2.75, 3.05) is 7.11 Å². The van der Waals surface area contributed by atoms with Crippen molar-refractivity contribution in [2.24, 2.45) is 5.92 Å². The van der Waals surface area contributed by atoms with Gasteiger partial charge in [0.05, 0.1) is 18.0 Å². The zero-order valence-electron chi connectivity index (χ0n) is 15.1. The SMILES string of the molecule is COc1ccc(C(NC(=O)CCc2nc(-c3cccs3)no2)C2CC2)cc1. The van der Waals surface area contributed by atoms with E-state index < -0.39 is 0 Å². The van der Waals surface area contributed by atoms with Gasteiger partial charge in [0, 0.05) is 12.8 Å². The molecule has 1 atom stereocenters. The summed E-state index contributed by atoms with van der Waals surface area (Å²) in [7, 11) is 1.65. The lowest BCUT2D eigenvalue weighted by molar-refractivity contribution is -0.122. The highest BCUT2D eigenvalue weighted by Gasteiger charge is 2.33. The lowest BCUT2D eigenvalue weighted by Gasteiger charge is -2.19. The number of hydrogen-bond donors (Lipinski definition) is 1. The molecule has 0 radical (unpaired) electrons. The highest BCUT2D eigenvalue weighted by molar-refractivity contribution is 7.13. The van der Waals surface area contributed by atoms with Gasteiger partial charge in [-0.2, -0.15) is 4.98 Å². The molecule has 4 rings (SSSR count). The standard InChI is InChI=1S/C20H21N3O3S/c1-25-15-8-6-14(7-9-15)19(13-4-5-13)21-17(24)10-11-18-22-20(23-26-18)16-3-2-12-27-16/h2-3,6-9,12-13,19H,4-5,10-11H2,1H3,(H,21,24). The zero-order chi connectivity index (χ0) is 18.6. The molecule has 2 aromatic heterocycles. The topological polar surface area (TPSA) is 77.2 Å². The van der Waals surface area contributed by atoms with E-state index in [1.165, 1.54) is 0 Å². The van der Waals surface area contributed by atoms with E-state index in [1.54, 1.807) is 18.4 Å². The van der Waals surface area contributed by atoms with Gasteiger partial charge in [-0.1, -0.05) is 23.4 Å². The number of carbonyl (C=O) groups is 1.